The van der Waals surface area contributed by atoms with E-state index in [9.17, 15) is 19.5 Å². The summed E-state index contributed by atoms with van der Waals surface area (Å²) < 4.78 is 10.8. The van der Waals surface area contributed by atoms with Crippen LogP contribution in [0.25, 0.3) is 0 Å². The second-order valence-corrected chi connectivity index (χ2v) is 15.9. The maximum atomic E-state index is 12.8. The Morgan fingerprint density at radius 3 is 0.961 bits per heavy atom. The van der Waals surface area contributed by atoms with Crippen LogP contribution in [0.3, 0.4) is 0 Å². The van der Waals surface area contributed by atoms with Crippen LogP contribution in [0.5, 0.6) is 0 Å². The van der Waals surface area contributed by atoms with Crippen molar-refractivity contribution >= 4 is 17.9 Å². The Morgan fingerprint density at radius 2 is 0.706 bits per heavy atom. The highest BCUT2D eigenvalue weighted by Gasteiger charge is 2.25. The third-order valence-electron chi connectivity index (χ3n) is 10.0. The number of hydrogen-bond donors (Lipinski definition) is 1. The SMILES string of the molecule is CC(C)CCCCCCCCCCCCCCCOC(=O)c1cccc(C(=O)OCCCCCCCCCCCCCCCC(C)C)c1C(=O)O. The van der Waals surface area contributed by atoms with E-state index in [0.717, 1.165) is 50.4 Å². The van der Waals surface area contributed by atoms with Crippen LogP contribution >= 0.6 is 0 Å². The lowest BCUT2D eigenvalue weighted by atomic mass is 10.0. The van der Waals surface area contributed by atoms with Gasteiger partial charge >= 0.3 is 17.9 Å². The third kappa shape index (κ3) is 26.1. The first-order valence-corrected chi connectivity index (χ1v) is 21.4. The largest absolute Gasteiger partial charge is 0.478 e. The third-order valence-corrected chi connectivity index (χ3v) is 10.0. The minimum atomic E-state index is -1.34. The molecule has 0 aliphatic rings. The van der Waals surface area contributed by atoms with Gasteiger partial charge in [-0.05, 0) is 36.8 Å². The number of carboxylic acid groups (broad SMARTS) is 1. The van der Waals surface area contributed by atoms with Crippen LogP contribution in [0.1, 0.15) is 239 Å². The van der Waals surface area contributed by atoms with Gasteiger partial charge in [0.2, 0.25) is 0 Å². The molecule has 0 fully saturated rings. The van der Waals surface area contributed by atoms with E-state index in [0.29, 0.717) is 0 Å². The summed E-state index contributed by atoms with van der Waals surface area (Å²) in [5, 5.41) is 9.87. The average molecular weight is 715 g/mol. The molecule has 0 aromatic heterocycles. The van der Waals surface area contributed by atoms with Crippen LogP contribution in [0, 0.1) is 11.8 Å². The Morgan fingerprint density at radius 1 is 0.451 bits per heavy atom. The lowest BCUT2D eigenvalue weighted by Crippen LogP contribution is -2.18. The smallest absolute Gasteiger partial charge is 0.339 e. The zero-order valence-corrected chi connectivity index (χ0v) is 33.6. The Bertz CT molecular complexity index is 946. The maximum absolute atomic E-state index is 12.8. The topological polar surface area (TPSA) is 89.9 Å². The van der Waals surface area contributed by atoms with Gasteiger partial charge in [-0.25, -0.2) is 14.4 Å². The quantitative estimate of drug-likeness (QED) is 0.0556. The first-order chi connectivity index (χ1) is 24.7. The number of esters is 2. The van der Waals surface area contributed by atoms with E-state index in [4.69, 9.17) is 9.47 Å². The molecule has 1 aromatic rings. The molecule has 0 atom stereocenters. The molecule has 0 aliphatic carbocycles. The molecule has 0 spiro atoms. The molecule has 0 unspecified atom stereocenters. The number of aromatic carboxylic acids is 1. The molecule has 1 aromatic carbocycles. The molecule has 0 radical (unpaired) electrons. The highest BCUT2D eigenvalue weighted by atomic mass is 16.5. The summed E-state index contributed by atoms with van der Waals surface area (Å²) in [7, 11) is 0. The van der Waals surface area contributed by atoms with Gasteiger partial charge in [-0.3, -0.25) is 0 Å². The van der Waals surface area contributed by atoms with Gasteiger partial charge in [0.05, 0.1) is 29.9 Å². The van der Waals surface area contributed by atoms with E-state index in [1.165, 1.54) is 159 Å². The van der Waals surface area contributed by atoms with E-state index >= 15 is 0 Å². The van der Waals surface area contributed by atoms with Gasteiger partial charge in [0.15, 0.2) is 0 Å². The predicted molar refractivity (Wildman–Crippen MR) is 213 cm³/mol. The number of carbonyl (C=O) groups excluding carboxylic acids is 2. The normalized spacial score (nSPS) is 11.4. The van der Waals surface area contributed by atoms with E-state index in [1.54, 1.807) is 0 Å². The van der Waals surface area contributed by atoms with Crippen molar-refractivity contribution in [2.24, 2.45) is 11.8 Å². The van der Waals surface area contributed by atoms with Crippen LogP contribution in [0.15, 0.2) is 18.2 Å². The van der Waals surface area contributed by atoms with Crippen molar-refractivity contribution in [3.05, 3.63) is 34.9 Å². The monoisotopic (exact) mass is 715 g/mol. The molecule has 294 valence electrons. The van der Waals surface area contributed by atoms with Gasteiger partial charge in [0.25, 0.3) is 0 Å². The summed E-state index contributed by atoms with van der Waals surface area (Å²) >= 11 is 0. The molecular formula is C45H78O6. The number of carboxylic acids is 1. The second kappa shape index (κ2) is 32.3. The molecule has 6 heteroatoms. The highest BCUT2D eigenvalue weighted by molar-refractivity contribution is 6.09. The number of benzene rings is 1. The first kappa shape index (κ1) is 46.7. The van der Waals surface area contributed by atoms with E-state index in [2.05, 4.69) is 27.7 Å². The summed E-state index contributed by atoms with van der Waals surface area (Å²) in [6.45, 7) is 9.69. The maximum Gasteiger partial charge on any atom is 0.339 e. The Hall–Kier alpha value is -2.37. The molecule has 1 N–H and O–H groups in total. The zero-order chi connectivity index (χ0) is 37.4. The van der Waals surface area contributed by atoms with Gasteiger partial charge < -0.3 is 14.6 Å². The number of hydrogen-bond acceptors (Lipinski definition) is 5. The van der Waals surface area contributed by atoms with Gasteiger partial charge in [0.1, 0.15) is 0 Å². The molecule has 6 nitrogen and oxygen atoms in total. The van der Waals surface area contributed by atoms with E-state index < -0.39 is 17.9 Å². The fourth-order valence-electron chi connectivity index (χ4n) is 6.81. The van der Waals surface area contributed by atoms with Crippen molar-refractivity contribution in [1.29, 1.82) is 0 Å². The molecule has 0 aliphatic heterocycles. The minimum absolute atomic E-state index is 0.103. The molecular weight excluding hydrogens is 636 g/mol. The van der Waals surface area contributed by atoms with Gasteiger partial charge in [-0.2, -0.15) is 0 Å². The number of ether oxygens (including phenoxy) is 2. The van der Waals surface area contributed by atoms with Crippen molar-refractivity contribution in [2.45, 2.75) is 207 Å². The predicted octanol–water partition coefficient (Wildman–Crippen LogP) is 13.9. The Kier molecular flexibility index (Phi) is 29.5. The van der Waals surface area contributed by atoms with Crippen LogP contribution in [-0.2, 0) is 9.47 Å². The van der Waals surface area contributed by atoms with Crippen molar-refractivity contribution in [1.82, 2.24) is 0 Å². The molecule has 0 saturated heterocycles. The van der Waals surface area contributed by atoms with Crippen LogP contribution in [-0.4, -0.2) is 36.2 Å². The van der Waals surface area contributed by atoms with Gasteiger partial charge in [-0.1, -0.05) is 201 Å². The van der Waals surface area contributed by atoms with Crippen molar-refractivity contribution < 1.29 is 29.0 Å². The van der Waals surface area contributed by atoms with Crippen molar-refractivity contribution in [2.75, 3.05) is 13.2 Å². The second-order valence-electron chi connectivity index (χ2n) is 15.9. The summed E-state index contributed by atoms with van der Waals surface area (Å²) in [5.41, 5.74) is -0.548. The number of carbonyl (C=O) groups is 3. The van der Waals surface area contributed by atoms with Crippen molar-refractivity contribution in [3.63, 3.8) is 0 Å². The van der Waals surface area contributed by atoms with Gasteiger partial charge in [-0.15, -0.1) is 0 Å². The van der Waals surface area contributed by atoms with Gasteiger partial charge in [0, 0.05) is 0 Å². The van der Waals surface area contributed by atoms with Crippen LogP contribution in [0.4, 0.5) is 0 Å². The van der Waals surface area contributed by atoms with Crippen molar-refractivity contribution in [3.8, 4) is 0 Å². The Labute approximate surface area is 313 Å². The highest BCUT2D eigenvalue weighted by Crippen LogP contribution is 2.20. The number of rotatable bonds is 35. The summed E-state index contributed by atoms with van der Waals surface area (Å²) in [4.78, 5) is 37.7. The molecule has 51 heavy (non-hydrogen) atoms. The molecule has 0 saturated carbocycles. The standard InChI is InChI=1S/C45H78O6/c1-38(2)32-27-23-19-15-11-7-5-9-13-17-21-25-29-36-50-44(48)40-34-31-35-41(42(40)43(46)47)45(49)51-37-30-26-22-18-14-10-6-8-12-16-20-24-28-33-39(3)4/h31,34-35,38-39H,5-30,32-33,36-37H2,1-4H3,(H,46,47). The average Bonchev–Trinajstić information content (AvgIpc) is 3.10. The lowest BCUT2D eigenvalue weighted by Gasteiger charge is -2.11. The fourth-order valence-corrected chi connectivity index (χ4v) is 6.81. The summed E-state index contributed by atoms with van der Waals surface area (Å²) in [6, 6.07) is 4.33. The first-order valence-electron chi connectivity index (χ1n) is 21.4. The minimum Gasteiger partial charge on any atom is -0.478 e. The molecule has 0 bridgehead atoms. The van der Waals surface area contributed by atoms with E-state index in [-0.39, 0.29) is 29.9 Å². The molecule has 0 heterocycles. The van der Waals surface area contributed by atoms with E-state index in [1.807, 2.05) is 0 Å². The summed E-state index contributed by atoms with van der Waals surface area (Å²) in [6.07, 6.45) is 34.9. The fraction of sp³-hybridized carbons (Fsp3) is 0.800. The zero-order valence-electron chi connectivity index (χ0n) is 33.6. The van der Waals surface area contributed by atoms with Crippen LogP contribution < -0.4 is 0 Å². The van der Waals surface area contributed by atoms with Crippen LogP contribution in [0.2, 0.25) is 0 Å². The Balaban J connectivity index is 2.15. The molecule has 0 amide bonds. The number of unbranched alkanes of at least 4 members (excludes halogenated alkanes) is 24. The summed E-state index contributed by atoms with van der Waals surface area (Å²) in [5.74, 6) is -1.09. The molecule has 1 rings (SSSR count). The lowest BCUT2D eigenvalue weighted by molar-refractivity contribution is 0.0476.